The number of sulfonamides is 1. The summed E-state index contributed by atoms with van der Waals surface area (Å²) in [5.41, 5.74) is 0. The van der Waals surface area contributed by atoms with E-state index >= 15 is 0 Å². The maximum absolute atomic E-state index is 12.8. The fourth-order valence-corrected chi connectivity index (χ4v) is 5.52. The van der Waals surface area contributed by atoms with Gasteiger partial charge in [-0.1, -0.05) is 11.6 Å². The number of nitrogens with zero attached hydrogens (tertiary/aromatic N) is 1. The molecule has 1 aromatic carbocycles. The third kappa shape index (κ3) is 5.05. The molecule has 0 aromatic heterocycles. The van der Waals surface area contributed by atoms with Crippen molar-refractivity contribution < 1.29 is 26.4 Å². The molecule has 0 unspecified atom stereocenters. The molecule has 1 N–H and O–H groups in total. The number of hydrogen-bond acceptors (Lipinski definition) is 4. The smallest absolute Gasteiger partial charge is 0.348 e. The van der Waals surface area contributed by atoms with Crippen molar-refractivity contribution in [2.24, 2.45) is 5.92 Å². The first kappa shape index (κ1) is 21.3. The number of halogens is 4. The number of alkyl halides is 3. The Morgan fingerprint density at radius 1 is 1.35 bits per heavy atom. The third-order valence-corrected chi connectivity index (χ3v) is 7.22. The highest BCUT2D eigenvalue weighted by molar-refractivity contribution is 7.99. The third-order valence-electron chi connectivity index (χ3n) is 4.13. The second-order valence-corrected chi connectivity index (χ2v) is 9.04. The highest BCUT2D eigenvalue weighted by atomic mass is 35.5. The van der Waals surface area contributed by atoms with Gasteiger partial charge in [-0.25, -0.2) is 8.42 Å². The normalized spacial score (nSPS) is 17.3. The van der Waals surface area contributed by atoms with Gasteiger partial charge in [0, 0.05) is 29.6 Å². The molecule has 0 saturated carbocycles. The Balaban J connectivity index is 2.00. The molecule has 26 heavy (non-hydrogen) atoms. The lowest BCUT2D eigenvalue weighted by Gasteiger charge is -2.31. The summed E-state index contributed by atoms with van der Waals surface area (Å²) in [5, 5.41) is 2.29. The molecule has 0 bridgehead atoms. The summed E-state index contributed by atoms with van der Waals surface area (Å²) in [6.07, 6.45) is -2.41. The lowest BCUT2D eigenvalue weighted by Crippen LogP contribution is -2.44. The fraction of sp³-hybridized carbons (Fsp3) is 0.533. The summed E-state index contributed by atoms with van der Waals surface area (Å²) in [7, 11) is -3.71. The molecule has 1 aliphatic rings. The first-order valence-electron chi connectivity index (χ1n) is 7.74. The van der Waals surface area contributed by atoms with Crippen LogP contribution in [0, 0.1) is 5.92 Å². The molecule has 0 atom stereocenters. The standard InChI is InChI=1S/C15H18ClF3N2O3S2/c1-25-12-8-11(16)2-3-13(12)26(23,24)21-6-4-10(5-7-21)9-20-14(22)15(17,18)19/h2-3,8,10H,4-7,9H2,1H3,(H,20,22). The number of piperidine rings is 1. The number of nitrogens with one attached hydrogen (secondary N) is 1. The molecule has 5 nitrogen and oxygen atoms in total. The monoisotopic (exact) mass is 430 g/mol. The molecule has 1 aliphatic heterocycles. The lowest BCUT2D eigenvalue weighted by atomic mass is 9.98. The van der Waals surface area contributed by atoms with Crippen molar-refractivity contribution in [2.45, 2.75) is 28.8 Å². The van der Waals surface area contributed by atoms with Gasteiger partial charge in [0.05, 0.1) is 4.90 Å². The zero-order valence-electron chi connectivity index (χ0n) is 13.8. The minimum absolute atomic E-state index is 0.122. The number of carbonyl (C=O) groups is 1. The highest BCUT2D eigenvalue weighted by Crippen LogP contribution is 2.32. The fourth-order valence-electron chi connectivity index (χ4n) is 2.68. The molecule has 0 radical (unpaired) electrons. The topological polar surface area (TPSA) is 66.5 Å². The molecular weight excluding hydrogens is 413 g/mol. The second-order valence-electron chi connectivity index (χ2n) is 5.85. The first-order chi connectivity index (χ1) is 12.1. The quantitative estimate of drug-likeness (QED) is 0.729. The van der Waals surface area contributed by atoms with Gasteiger partial charge in [-0.15, -0.1) is 11.8 Å². The largest absolute Gasteiger partial charge is 0.471 e. The van der Waals surface area contributed by atoms with E-state index in [1.807, 2.05) is 5.32 Å². The minimum atomic E-state index is -4.91. The highest BCUT2D eigenvalue weighted by Gasteiger charge is 2.39. The molecule has 2 rings (SSSR count). The van der Waals surface area contributed by atoms with Gasteiger partial charge in [-0.3, -0.25) is 4.79 Å². The molecule has 0 aliphatic carbocycles. The second kappa shape index (κ2) is 8.37. The van der Waals surface area contributed by atoms with Crippen molar-refractivity contribution in [1.82, 2.24) is 9.62 Å². The number of hydrogen-bond donors (Lipinski definition) is 1. The van der Waals surface area contributed by atoms with Crippen LogP contribution in [0.3, 0.4) is 0 Å². The van der Waals surface area contributed by atoms with Crippen LogP contribution in [0.4, 0.5) is 13.2 Å². The summed E-state index contributed by atoms with van der Waals surface area (Å²) < 4.78 is 63.6. The van der Waals surface area contributed by atoms with Crippen molar-refractivity contribution in [2.75, 3.05) is 25.9 Å². The number of amides is 1. The van der Waals surface area contributed by atoms with Crippen LogP contribution in [0.5, 0.6) is 0 Å². The van der Waals surface area contributed by atoms with E-state index in [2.05, 4.69) is 0 Å². The molecule has 1 fully saturated rings. The number of benzene rings is 1. The molecule has 146 valence electrons. The van der Waals surface area contributed by atoms with E-state index in [-0.39, 0.29) is 30.4 Å². The average molecular weight is 431 g/mol. The van der Waals surface area contributed by atoms with E-state index in [4.69, 9.17) is 11.6 Å². The SMILES string of the molecule is CSc1cc(Cl)ccc1S(=O)(=O)N1CCC(CNC(=O)C(F)(F)F)CC1. The Labute approximate surface area is 159 Å². The zero-order chi connectivity index (χ0) is 19.5. The van der Waals surface area contributed by atoms with Crippen molar-refractivity contribution >= 4 is 39.3 Å². The number of carbonyl (C=O) groups excluding carboxylic acids is 1. The van der Waals surface area contributed by atoms with Gasteiger partial charge in [0.1, 0.15) is 0 Å². The predicted octanol–water partition coefficient (Wildman–Crippen LogP) is 3.14. The summed E-state index contributed by atoms with van der Waals surface area (Å²) >= 11 is 7.18. The molecular formula is C15H18ClF3N2O3S2. The van der Waals surface area contributed by atoms with Crippen LogP contribution in [-0.4, -0.2) is 50.7 Å². The summed E-state index contributed by atoms with van der Waals surface area (Å²) in [5.74, 6) is -2.17. The van der Waals surface area contributed by atoms with Gasteiger partial charge >= 0.3 is 12.1 Å². The predicted molar refractivity (Wildman–Crippen MR) is 93.8 cm³/mol. The Bertz CT molecular complexity index is 764. The maximum atomic E-state index is 12.8. The van der Waals surface area contributed by atoms with Crippen molar-refractivity contribution in [3.63, 3.8) is 0 Å². The van der Waals surface area contributed by atoms with Gasteiger partial charge < -0.3 is 5.32 Å². The molecule has 0 spiro atoms. The van der Waals surface area contributed by atoms with E-state index in [0.29, 0.717) is 22.8 Å². The Morgan fingerprint density at radius 3 is 2.50 bits per heavy atom. The van der Waals surface area contributed by atoms with E-state index < -0.39 is 22.1 Å². The van der Waals surface area contributed by atoms with Crippen LogP contribution in [0.2, 0.25) is 5.02 Å². The lowest BCUT2D eigenvalue weighted by molar-refractivity contribution is -0.173. The summed E-state index contributed by atoms with van der Waals surface area (Å²) in [6, 6.07) is 4.55. The van der Waals surface area contributed by atoms with Gasteiger partial charge in [0.15, 0.2) is 0 Å². The van der Waals surface area contributed by atoms with Gasteiger partial charge in [0.25, 0.3) is 0 Å². The minimum Gasteiger partial charge on any atom is -0.348 e. The van der Waals surface area contributed by atoms with Crippen LogP contribution < -0.4 is 5.32 Å². The van der Waals surface area contributed by atoms with E-state index in [1.54, 1.807) is 12.3 Å². The van der Waals surface area contributed by atoms with Crippen LogP contribution in [0.15, 0.2) is 28.0 Å². The van der Waals surface area contributed by atoms with E-state index in [0.717, 1.165) is 0 Å². The van der Waals surface area contributed by atoms with Crippen LogP contribution in [0.25, 0.3) is 0 Å². The summed E-state index contributed by atoms with van der Waals surface area (Å²) in [6.45, 7) is 0.250. The molecule has 11 heteroatoms. The molecule has 1 heterocycles. The zero-order valence-corrected chi connectivity index (χ0v) is 16.2. The van der Waals surface area contributed by atoms with Gasteiger partial charge in [0.2, 0.25) is 10.0 Å². The van der Waals surface area contributed by atoms with Crippen LogP contribution in [0.1, 0.15) is 12.8 Å². The van der Waals surface area contributed by atoms with Gasteiger partial charge in [-0.05, 0) is 43.2 Å². The van der Waals surface area contributed by atoms with Crippen molar-refractivity contribution in [3.05, 3.63) is 23.2 Å². The van der Waals surface area contributed by atoms with E-state index in [9.17, 15) is 26.4 Å². The summed E-state index contributed by atoms with van der Waals surface area (Å²) in [4.78, 5) is 11.6. The van der Waals surface area contributed by atoms with Gasteiger partial charge in [-0.2, -0.15) is 17.5 Å². The number of rotatable bonds is 5. The first-order valence-corrected chi connectivity index (χ1v) is 10.8. The average Bonchev–Trinajstić information content (AvgIpc) is 2.58. The van der Waals surface area contributed by atoms with Crippen molar-refractivity contribution in [3.8, 4) is 0 Å². The Kier molecular flexibility index (Phi) is 6.86. The Hall–Kier alpha value is -0.970. The Morgan fingerprint density at radius 2 is 1.96 bits per heavy atom. The van der Waals surface area contributed by atoms with E-state index in [1.165, 1.54) is 28.2 Å². The molecule has 1 saturated heterocycles. The van der Waals surface area contributed by atoms with Crippen LogP contribution in [-0.2, 0) is 14.8 Å². The van der Waals surface area contributed by atoms with Crippen LogP contribution >= 0.6 is 23.4 Å². The molecule has 1 amide bonds. The van der Waals surface area contributed by atoms with Crippen molar-refractivity contribution in [1.29, 1.82) is 0 Å². The number of thioether (sulfide) groups is 1. The maximum Gasteiger partial charge on any atom is 0.471 e. The molecule has 1 aromatic rings.